The fourth-order valence-electron chi connectivity index (χ4n) is 2.30. The number of hydrogen-bond acceptors (Lipinski definition) is 6. The SMILES string of the molecule is CNc1nc(OCC(F)(F)F)nc(N(c2ccccc2)c2ccccc2)n1. The molecule has 1 N–H and O–H groups in total. The van der Waals surface area contributed by atoms with Crippen LogP contribution in [-0.2, 0) is 0 Å². The molecule has 0 unspecified atom stereocenters. The van der Waals surface area contributed by atoms with Crippen LogP contribution in [0.5, 0.6) is 6.01 Å². The van der Waals surface area contributed by atoms with Crippen molar-refractivity contribution in [1.82, 2.24) is 15.0 Å². The monoisotopic (exact) mass is 375 g/mol. The number of rotatable bonds is 6. The van der Waals surface area contributed by atoms with E-state index >= 15 is 0 Å². The number of para-hydroxylation sites is 2. The van der Waals surface area contributed by atoms with Crippen molar-refractivity contribution in [3.05, 3.63) is 60.7 Å². The molecule has 6 nitrogen and oxygen atoms in total. The lowest BCUT2D eigenvalue weighted by Crippen LogP contribution is -2.21. The average molecular weight is 375 g/mol. The average Bonchev–Trinajstić information content (AvgIpc) is 2.68. The van der Waals surface area contributed by atoms with Gasteiger partial charge < -0.3 is 10.1 Å². The van der Waals surface area contributed by atoms with Crippen molar-refractivity contribution >= 4 is 23.3 Å². The minimum atomic E-state index is -4.49. The van der Waals surface area contributed by atoms with Crippen LogP contribution >= 0.6 is 0 Å². The summed E-state index contributed by atoms with van der Waals surface area (Å²) in [5.41, 5.74) is 1.47. The van der Waals surface area contributed by atoms with E-state index in [9.17, 15) is 13.2 Å². The standard InChI is InChI=1S/C18H16F3N5O/c1-22-15-23-16(25-17(24-15)27-12-18(19,20)21)26(13-8-4-2-5-9-13)14-10-6-3-7-11-14/h2-11H,12H2,1H3,(H,22,23,24,25). The molecule has 140 valence electrons. The van der Waals surface area contributed by atoms with Gasteiger partial charge in [0.2, 0.25) is 11.9 Å². The maximum atomic E-state index is 12.5. The highest BCUT2D eigenvalue weighted by atomic mass is 19.4. The molecule has 0 fully saturated rings. The molecule has 2 aromatic carbocycles. The van der Waals surface area contributed by atoms with Gasteiger partial charge in [0.15, 0.2) is 6.61 Å². The molecule has 0 amide bonds. The van der Waals surface area contributed by atoms with Gasteiger partial charge in [0, 0.05) is 18.4 Å². The molecule has 0 radical (unpaired) electrons. The molecule has 0 bridgehead atoms. The fraction of sp³-hybridized carbons (Fsp3) is 0.167. The van der Waals surface area contributed by atoms with E-state index in [2.05, 4.69) is 20.3 Å². The summed E-state index contributed by atoms with van der Waals surface area (Å²) in [5, 5.41) is 2.71. The van der Waals surface area contributed by atoms with Crippen LogP contribution in [0.4, 0.5) is 36.4 Å². The summed E-state index contributed by atoms with van der Waals surface area (Å²) >= 11 is 0. The van der Waals surface area contributed by atoms with Crippen molar-refractivity contribution in [3.8, 4) is 6.01 Å². The first-order valence-electron chi connectivity index (χ1n) is 8.00. The Balaban J connectivity index is 2.06. The maximum absolute atomic E-state index is 12.5. The topological polar surface area (TPSA) is 63.2 Å². The Morgan fingerprint density at radius 1 is 0.889 bits per heavy atom. The first-order chi connectivity index (χ1) is 13.0. The molecule has 27 heavy (non-hydrogen) atoms. The third-order valence-corrected chi connectivity index (χ3v) is 3.42. The molecule has 9 heteroatoms. The molecule has 1 heterocycles. The van der Waals surface area contributed by atoms with Gasteiger partial charge >= 0.3 is 12.2 Å². The first kappa shape index (κ1) is 18.4. The number of nitrogens with zero attached hydrogens (tertiary/aromatic N) is 4. The Morgan fingerprint density at radius 3 is 1.93 bits per heavy atom. The van der Waals surface area contributed by atoms with Crippen LogP contribution in [-0.4, -0.2) is 34.8 Å². The third kappa shape index (κ3) is 4.84. The van der Waals surface area contributed by atoms with Gasteiger partial charge in [0.1, 0.15) is 0 Å². The van der Waals surface area contributed by atoms with Crippen molar-refractivity contribution in [2.45, 2.75) is 6.18 Å². The molecule has 0 aliphatic heterocycles. The Morgan fingerprint density at radius 2 is 1.44 bits per heavy atom. The van der Waals surface area contributed by atoms with Crippen molar-refractivity contribution in [2.24, 2.45) is 0 Å². The van der Waals surface area contributed by atoms with E-state index in [0.717, 1.165) is 11.4 Å². The van der Waals surface area contributed by atoms with Crippen molar-refractivity contribution < 1.29 is 17.9 Å². The van der Waals surface area contributed by atoms with Gasteiger partial charge in [-0.25, -0.2) is 0 Å². The van der Waals surface area contributed by atoms with Gasteiger partial charge in [-0.3, -0.25) is 4.90 Å². The zero-order chi connectivity index (χ0) is 19.3. The van der Waals surface area contributed by atoms with Gasteiger partial charge in [-0.2, -0.15) is 28.1 Å². The summed E-state index contributed by atoms with van der Waals surface area (Å²) < 4.78 is 42.2. The van der Waals surface area contributed by atoms with E-state index in [1.165, 1.54) is 0 Å². The summed E-state index contributed by atoms with van der Waals surface area (Å²) in [6.07, 6.45) is -4.49. The summed E-state index contributed by atoms with van der Waals surface area (Å²) in [6.45, 7) is -1.49. The first-order valence-corrected chi connectivity index (χ1v) is 8.00. The van der Waals surface area contributed by atoms with Crippen LogP contribution in [0.2, 0.25) is 0 Å². The summed E-state index contributed by atoms with van der Waals surface area (Å²) in [7, 11) is 1.56. The van der Waals surface area contributed by atoms with E-state index in [1.807, 2.05) is 60.7 Å². The second kappa shape index (κ2) is 7.90. The van der Waals surface area contributed by atoms with Gasteiger partial charge in [-0.1, -0.05) is 36.4 Å². The molecule has 1 aromatic heterocycles. The zero-order valence-electron chi connectivity index (χ0n) is 14.3. The molecule has 0 aliphatic carbocycles. The number of halogens is 3. The highest BCUT2D eigenvalue weighted by Crippen LogP contribution is 2.32. The van der Waals surface area contributed by atoms with Crippen LogP contribution in [0.25, 0.3) is 0 Å². The number of hydrogen-bond donors (Lipinski definition) is 1. The normalized spacial score (nSPS) is 11.1. The summed E-state index contributed by atoms with van der Waals surface area (Å²) in [5.74, 6) is 0.220. The number of benzene rings is 2. The molecular weight excluding hydrogens is 359 g/mol. The number of nitrogens with one attached hydrogen (secondary N) is 1. The molecule has 3 rings (SSSR count). The number of anilines is 4. The van der Waals surface area contributed by atoms with Gasteiger partial charge in [0.25, 0.3) is 0 Å². The third-order valence-electron chi connectivity index (χ3n) is 3.42. The van der Waals surface area contributed by atoms with E-state index < -0.39 is 18.8 Å². The van der Waals surface area contributed by atoms with Crippen molar-refractivity contribution in [3.63, 3.8) is 0 Å². The second-order valence-electron chi connectivity index (χ2n) is 5.40. The smallest absolute Gasteiger partial charge is 0.422 e. The van der Waals surface area contributed by atoms with Gasteiger partial charge in [0.05, 0.1) is 0 Å². The molecule has 0 atom stereocenters. The minimum absolute atomic E-state index is 0.0917. The molecule has 0 spiro atoms. The Labute approximate surface area is 153 Å². The lowest BCUT2D eigenvalue weighted by atomic mass is 10.2. The van der Waals surface area contributed by atoms with Crippen LogP contribution in [0, 0.1) is 0 Å². The lowest BCUT2D eigenvalue weighted by Gasteiger charge is -2.23. The quantitative estimate of drug-likeness (QED) is 0.692. The van der Waals surface area contributed by atoms with Crippen LogP contribution in [0.3, 0.4) is 0 Å². The Kier molecular flexibility index (Phi) is 5.39. The minimum Gasteiger partial charge on any atom is -0.454 e. The Hall–Kier alpha value is -3.36. The van der Waals surface area contributed by atoms with E-state index in [0.29, 0.717) is 0 Å². The summed E-state index contributed by atoms with van der Waals surface area (Å²) in [4.78, 5) is 13.9. The zero-order valence-corrected chi connectivity index (χ0v) is 14.3. The van der Waals surface area contributed by atoms with Crippen molar-refractivity contribution in [1.29, 1.82) is 0 Å². The highest BCUT2D eigenvalue weighted by Gasteiger charge is 2.29. The van der Waals surface area contributed by atoms with Crippen LogP contribution in [0.15, 0.2) is 60.7 Å². The van der Waals surface area contributed by atoms with E-state index in [-0.39, 0.29) is 11.9 Å². The molecule has 3 aromatic rings. The van der Waals surface area contributed by atoms with Crippen molar-refractivity contribution in [2.75, 3.05) is 23.9 Å². The molecule has 0 aliphatic rings. The highest BCUT2D eigenvalue weighted by molar-refractivity contribution is 5.72. The predicted molar refractivity (Wildman–Crippen MR) is 95.6 cm³/mol. The van der Waals surface area contributed by atoms with Crippen LogP contribution < -0.4 is 15.0 Å². The number of aromatic nitrogens is 3. The lowest BCUT2D eigenvalue weighted by molar-refractivity contribution is -0.154. The Bertz CT molecular complexity index is 836. The largest absolute Gasteiger partial charge is 0.454 e. The second-order valence-corrected chi connectivity index (χ2v) is 5.40. The fourth-order valence-corrected chi connectivity index (χ4v) is 2.30. The molecule has 0 saturated carbocycles. The van der Waals surface area contributed by atoms with E-state index in [1.54, 1.807) is 11.9 Å². The summed E-state index contributed by atoms with van der Waals surface area (Å²) in [6, 6.07) is 18.0. The molecular formula is C18H16F3N5O. The predicted octanol–water partition coefficient (Wildman–Crippen LogP) is 4.32. The maximum Gasteiger partial charge on any atom is 0.422 e. The van der Waals surface area contributed by atoms with Gasteiger partial charge in [-0.15, -0.1) is 0 Å². The molecule has 0 saturated heterocycles. The number of alkyl halides is 3. The van der Waals surface area contributed by atoms with Gasteiger partial charge in [-0.05, 0) is 24.3 Å². The van der Waals surface area contributed by atoms with Crippen LogP contribution in [0.1, 0.15) is 0 Å². The number of ether oxygens (including phenoxy) is 1. The van der Waals surface area contributed by atoms with E-state index in [4.69, 9.17) is 4.74 Å².